The standard InChI is InChI=1S/C14H16BrFN2/c15-13-10(9-17)7-8-12(14(13)16)18-11-5-3-1-2-4-6-11/h7-8,11,18H,1-6H2. The molecule has 1 aliphatic carbocycles. The molecule has 0 atom stereocenters. The van der Waals surface area contributed by atoms with Crippen LogP contribution < -0.4 is 5.32 Å². The highest BCUT2D eigenvalue weighted by Crippen LogP contribution is 2.29. The lowest BCUT2D eigenvalue weighted by Gasteiger charge is -2.18. The Labute approximate surface area is 115 Å². The summed E-state index contributed by atoms with van der Waals surface area (Å²) in [6.45, 7) is 0. The molecule has 1 aliphatic rings. The summed E-state index contributed by atoms with van der Waals surface area (Å²) in [5, 5.41) is 12.1. The maximum atomic E-state index is 14.0. The van der Waals surface area contributed by atoms with Crippen molar-refractivity contribution in [1.82, 2.24) is 0 Å². The SMILES string of the molecule is N#Cc1ccc(NC2CCCCCC2)c(F)c1Br. The van der Waals surface area contributed by atoms with Gasteiger partial charge in [-0.1, -0.05) is 25.7 Å². The Bertz CT molecular complexity index is 460. The summed E-state index contributed by atoms with van der Waals surface area (Å²) in [6.07, 6.45) is 7.15. The van der Waals surface area contributed by atoms with E-state index in [-0.39, 0.29) is 10.3 Å². The normalized spacial score (nSPS) is 16.9. The molecule has 0 amide bonds. The minimum Gasteiger partial charge on any atom is -0.380 e. The minimum atomic E-state index is -0.363. The number of nitriles is 1. The number of hydrogen-bond donors (Lipinski definition) is 1. The first-order valence-corrected chi connectivity index (χ1v) is 7.16. The minimum absolute atomic E-state index is 0.253. The largest absolute Gasteiger partial charge is 0.380 e. The molecule has 0 aromatic heterocycles. The van der Waals surface area contributed by atoms with Gasteiger partial charge in [0.25, 0.3) is 0 Å². The van der Waals surface area contributed by atoms with E-state index >= 15 is 0 Å². The average Bonchev–Trinajstić information content (AvgIpc) is 2.64. The lowest BCUT2D eigenvalue weighted by Crippen LogP contribution is -2.19. The molecular formula is C14H16BrFN2. The lowest BCUT2D eigenvalue weighted by atomic mass is 10.1. The van der Waals surface area contributed by atoms with Crippen LogP contribution in [0.1, 0.15) is 44.1 Å². The molecule has 2 nitrogen and oxygen atoms in total. The van der Waals surface area contributed by atoms with E-state index in [0.717, 1.165) is 12.8 Å². The molecule has 1 aromatic rings. The zero-order chi connectivity index (χ0) is 13.0. The van der Waals surface area contributed by atoms with Gasteiger partial charge in [0.1, 0.15) is 6.07 Å². The fraction of sp³-hybridized carbons (Fsp3) is 0.500. The molecular weight excluding hydrogens is 295 g/mol. The number of rotatable bonds is 2. The van der Waals surface area contributed by atoms with E-state index in [1.807, 2.05) is 6.07 Å². The van der Waals surface area contributed by atoms with Gasteiger partial charge in [0.05, 0.1) is 15.7 Å². The van der Waals surface area contributed by atoms with Crippen LogP contribution in [0.15, 0.2) is 16.6 Å². The van der Waals surface area contributed by atoms with Crippen LogP contribution in [0.5, 0.6) is 0 Å². The van der Waals surface area contributed by atoms with Crippen LogP contribution in [0.3, 0.4) is 0 Å². The molecule has 1 N–H and O–H groups in total. The van der Waals surface area contributed by atoms with Crippen molar-refractivity contribution in [2.75, 3.05) is 5.32 Å². The summed E-state index contributed by atoms with van der Waals surface area (Å²) in [6, 6.07) is 5.61. The highest BCUT2D eigenvalue weighted by molar-refractivity contribution is 9.10. The molecule has 0 saturated heterocycles. The van der Waals surface area contributed by atoms with Gasteiger partial charge in [-0.15, -0.1) is 0 Å². The van der Waals surface area contributed by atoms with Gasteiger partial charge in [0.15, 0.2) is 5.82 Å². The van der Waals surface area contributed by atoms with Gasteiger partial charge in [-0.3, -0.25) is 0 Å². The molecule has 1 saturated carbocycles. The maximum Gasteiger partial charge on any atom is 0.161 e. The fourth-order valence-corrected chi connectivity index (χ4v) is 2.83. The Balaban J connectivity index is 2.14. The molecule has 4 heteroatoms. The van der Waals surface area contributed by atoms with Crippen LogP contribution in [-0.2, 0) is 0 Å². The van der Waals surface area contributed by atoms with Crippen molar-refractivity contribution in [3.8, 4) is 6.07 Å². The van der Waals surface area contributed by atoms with Crippen molar-refractivity contribution in [2.45, 2.75) is 44.6 Å². The number of benzene rings is 1. The summed E-state index contributed by atoms with van der Waals surface area (Å²) in [5.74, 6) is -0.363. The van der Waals surface area contributed by atoms with E-state index in [0.29, 0.717) is 17.3 Å². The van der Waals surface area contributed by atoms with E-state index < -0.39 is 0 Å². The van der Waals surface area contributed by atoms with Crippen molar-refractivity contribution >= 4 is 21.6 Å². The van der Waals surface area contributed by atoms with E-state index in [4.69, 9.17) is 5.26 Å². The van der Waals surface area contributed by atoms with Crippen molar-refractivity contribution in [3.63, 3.8) is 0 Å². The second-order valence-corrected chi connectivity index (χ2v) is 5.53. The molecule has 0 aliphatic heterocycles. The predicted octanol–water partition coefficient (Wildman–Crippen LogP) is 4.59. The molecule has 1 fully saturated rings. The molecule has 18 heavy (non-hydrogen) atoms. The van der Waals surface area contributed by atoms with Crippen LogP contribution in [0.2, 0.25) is 0 Å². The van der Waals surface area contributed by atoms with Gasteiger partial charge in [-0.05, 0) is 40.9 Å². The zero-order valence-corrected chi connectivity index (χ0v) is 11.8. The summed E-state index contributed by atoms with van der Waals surface area (Å²) >= 11 is 3.13. The molecule has 2 rings (SSSR count). The monoisotopic (exact) mass is 310 g/mol. The van der Waals surface area contributed by atoms with Crippen LogP contribution in [0, 0.1) is 17.1 Å². The molecule has 96 valence electrons. The van der Waals surface area contributed by atoms with E-state index in [2.05, 4.69) is 21.2 Å². The number of nitrogens with zero attached hydrogens (tertiary/aromatic N) is 1. The summed E-state index contributed by atoms with van der Waals surface area (Å²) in [5.41, 5.74) is 0.826. The van der Waals surface area contributed by atoms with Gasteiger partial charge >= 0.3 is 0 Å². The molecule has 0 unspecified atom stereocenters. The first kappa shape index (κ1) is 13.4. The van der Waals surface area contributed by atoms with Crippen LogP contribution in [0.25, 0.3) is 0 Å². The van der Waals surface area contributed by atoms with Crippen LogP contribution in [0.4, 0.5) is 10.1 Å². The fourth-order valence-electron chi connectivity index (χ4n) is 2.39. The lowest BCUT2D eigenvalue weighted by molar-refractivity contribution is 0.594. The van der Waals surface area contributed by atoms with E-state index in [1.165, 1.54) is 25.7 Å². The number of nitrogens with one attached hydrogen (secondary N) is 1. The highest BCUT2D eigenvalue weighted by atomic mass is 79.9. The van der Waals surface area contributed by atoms with Crippen molar-refractivity contribution in [1.29, 1.82) is 5.26 Å². The third-order valence-electron chi connectivity index (χ3n) is 3.42. The molecule has 0 spiro atoms. The number of anilines is 1. The Morgan fingerprint density at radius 1 is 1.22 bits per heavy atom. The Hall–Kier alpha value is -1.08. The zero-order valence-electron chi connectivity index (χ0n) is 10.2. The van der Waals surface area contributed by atoms with Crippen molar-refractivity contribution in [2.24, 2.45) is 0 Å². The molecule has 0 heterocycles. The van der Waals surface area contributed by atoms with Crippen LogP contribution in [-0.4, -0.2) is 6.04 Å². The smallest absolute Gasteiger partial charge is 0.161 e. The second-order valence-electron chi connectivity index (χ2n) is 4.73. The molecule has 0 bridgehead atoms. The summed E-state index contributed by atoms with van der Waals surface area (Å²) in [4.78, 5) is 0. The van der Waals surface area contributed by atoms with Gasteiger partial charge < -0.3 is 5.32 Å². The second kappa shape index (κ2) is 6.19. The Kier molecular flexibility index (Phi) is 4.60. The van der Waals surface area contributed by atoms with Gasteiger partial charge in [0, 0.05) is 6.04 Å². The number of hydrogen-bond acceptors (Lipinski definition) is 2. The van der Waals surface area contributed by atoms with E-state index in [1.54, 1.807) is 12.1 Å². The Morgan fingerprint density at radius 3 is 2.50 bits per heavy atom. The first-order chi connectivity index (χ1) is 8.72. The maximum absolute atomic E-state index is 14.0. The van der Waals surface area contributed by atoms with E-state index in [9.17, 15) is 4.39 Å². The average molecular weight is 311 g/mol. The van der Waals surface area contributed by atoms with Gasteiger partial charge in [0.2, 0.25) is 0 Å². The van der Waals surface area contributed by atoms with Gasteiger partial charge in [-0.2, -0.15) is 5.26 Å². The van der Waals surface area contributed by atoms with Gasteiger partial charge in [-0.25, -0.2) is 4.39 Å². The summed E-state index contributed by atoms with van der Waals surface area (Å²) in [7, 11) is 0. The quantitative estimate of drug-likeness (QED) is 0.811. The number of halogens is 2. The van der Waals surface area contributed by atoms with Crippen molar-refractivity contribution in [3.05, 3.63) is 28.0 Å². The van der Waals surface area contributed by atoms with Crippen molar-refractivity contribution < 1.29 is 4.39 Å². The first-order valence-electron chi connectivity index (χ1n) is 6.37. The highest BCUT2D eigenvalue weighted by Gasteiger charge is 2.16. The third kappa shape index (κ3) is 3.02. The Morgan fingerprint density at radius 2 is 1.89 bits per heavy atom. The molecule has 0 radical (unpaired) electrons. The third-order valence-corrected chi connectivity index (χ3v) is 4.19. The van der Waals surface area contributed by atoms with Crippen LogP contribution >= 0.6 is 15.9 Å². The summed E-state index contributed by atoms with van der Waals surface area (Å²) < 4.78 is 14.3. The topological polar surface area (TPSA) is 35.8 Å². The predicted molar refractivity (Wildman–Crippen MR) is 73.9 cm³/mol. The molecule has 1 aromatic carbocycles.